The number of hydrogen-bond donors (Lipinski definition) is 0. The van der Waals surface area contributed by atoms with Crippen molar-refractivity contribution in [3.63, 3.8) is 0 Å². The maximum Gasteiger partial charge on any atom is 0.213 e. The molecule has 0 atom stereocenters. The number of fused-ring (bicyclic) bond motifs is 8. The highest BCUT2D eigenvalue weighted by Crippen LogP contribution is 2.41. The summed E-state index contributed by atoms with van der Waals surface area (Å²) in [4.78, 5) is 0. The molecule has 12 rings (SSSR count). The number of para-hydroxylation sites is 2. The van der Waals surface area contributed by atoms with Crippen LogP contribution < -0.4 is 20.7 Å². The van der Waals surface area contributed by atoms with Crippen LogP contribution in [0.2, 0.25) is 0 Å². The maximum atomic E-state index is 6.56. The molecule has 0 N–H and O–H groups in total. The Morgan fingerprint density at radius 2 is 0.817 bits per heavy atom. The van der Waals surface area contributed by atoms with Gasteiger partial charge < -0.3 is 8.83 Å². The zero-order valence-electron chi connectivity index (χ0n) is 32.6. The number of furan rings is 2. The molecule has 3 aromatic heterocycles. The minimum absolute atomic E-state index is 0.849. The van der Waals surface area contributed by atoms with E-state index in [9.17, 15) is 0 Å². The molecule has 0 radical (unpaired) electrons. The van der Waals surface area contributed by atoms with E-state index in [0.29, 0.717) is 0 Å². The SMILES string of the molecule is c1ccc([Si](c2ccccc2)(c2ccccc2)c2cccc(-c3cccc(-c4ccc5oc6ccc(-n7c8ccccc8c8c9ccccc9oc87)cc6c5c4)c3)c2)cc1. The molecule has 0 aliphatic rings. The molecule has 0 amide bonds. The lowest BCUT2D eigenvalue weighted by Gasteiger charge is -2.34. The first kappa shape index (κ1) is 34.4. The number of nitrogens with zero attached hydrogens (tertiary/aromatic N) is 1. The minimum Gasteiger partial charge on any atom is -0.456 e. The normalized spacial score (nSPS) is 12.0. The van der Waals surface area contributed by atoms with Crippen LogP contribution in [0, 0.1) is 0 Å². The molecule has 0 bridgehead atoms. The number of benzene rings is 9. The highest BCUT2D eigenvalue weighted by Gasteiger charge is 2.41. The average Bonchev–Trinajstić information content (AvgIpc) is 3.99. The first-order valence-corrected chi connectivity index (χ1v) is 22.5. The van der Waals surface area contributed by atoms with E-state index in [1.807, 2.05) is 12.1 Å². The summed E-state index contributed by atoms with van der Waals surface area (Å²) >= 11 is 0. The van der Waals surface area contributed by atoms with Gasteiger partial charge in [-0.15, -0.1) is 0 Å². The number of rotatable bonds is 7. The molecule has 9 aromatic carbocycles. The Bertz CT molecular complexity index is 3450. The third-order valence-electron chi connectivity index (χ3n) is 12.4. The van der Waals surface area contributed by atoms with Gasteiger partial charge in [0, 0.05) is 27.2 Å². The van der Waals surface area contributed by atoms with Crippen molar-refractivity contribution >= 4 is 83.7 Å². The van der Waals surface area contributed by atoms with E-state index >= 15 is 0 Å². The van der Waals surface area contributed by atoms with Gasteiger partial charge in [-0.1, -0.05) is 176 Å². The monoisotopic (exact) mass is 783 g/mol. The van der Waals surface area contributed by atoms with Gasteiger partial charge in [0.2, 0.25) is 5.71 Å². The Labute approximate surface area is 348 Å². The molecule has 60 heavy (non-hydrogen) atoms. The maximum absolute atomic E-state index is 6.56. The van der Waals surface area contributed by atoms with Gasteiger partial charge in [0.1, 0.15) is 16.7 Å². The smallest absolute Gasteiger partial charge is 0.213 e. The lowest BCUT2D eigenvalue weighted by molar-refractivity contribution is 0.645. The third-order valence-corrected chi connectivity index (χ3v) is 17.1. The Hall–Kier alpha value is -7.66. The molecule has 12 aromatic rings. The predicted octanol–water partition coefficient (Wildman–Crippen LogP) is 12.1. The van der Waals surface area contributed by atoms with E-state index in [1.54, 1.807) is 0 Å². The highest BCUT2D eigenvalue weighted by atomic mass is 28.3. The van der Waals surface area contributed by atoms with Crippen LogP contribution in [0.1, 0.15) is 0 Å². The summed E-state index contributed by atoms with van der Waals surface area (Å²) in [7, 11) is -2.67. The van der Waals surface area contributed by atoms with Gasteiger partial charge >= 0.3 is 0 Å². The van der Waals surface area contributed by atoms with Gasteiger partial charge in [-0.3, -0.25) is 4.57 Å². The Balaban J connectivity index is 0.979. The van der Waals surface area contributed by atoms with E-state index in [-0.39, 0.29) is 0 Å². The standard InChI is InChI=1S/C56H37NO2Si/c1-4-19-43(20-5-1)60(44-21-6-2-7-22-44,45-23-8-3-9-24-45)46-25-15-18-40(35-46)38-16-14-17-39(34-38)41-30-32-53-49(36-41)50-37-42(31-33-54(50)58-53)57-51-28-12-10-26-47(51)55-48-27-11-13-29-52(48)59-56(55)57/h1-37H. The molecular formula is C56H37NO2Si. The summed E-state index contributed by atoms with van der Waals surface area (Å²) in [5.74, 6) is 0. The molecule has 0 saturated carbocycles. The summed E-state index contributed by atoms with van der Waals surface area (Å²) in [6, 6.07) is 81.4. The van der Waals surface area contributed by atoms with Crippen molar-refractivity contribution in [2.24, 2.45) is 0 Å². The van der Waals surface area contributed by atoms with Crippen molar-refractivity contribution in [1.82, 2.24) is 4.57 Å². The van der Waals surface area contributed by atoms with Crippen molar-refractivity contribution in [3.05, 3.63) is 224 Å². The minimum atomic E-state index is -2.67. The summed E-state index contributed by atoms with van der Waals surface area (Å²) in [5.41, 5.74) is 10.3. The third kappa shape index (κ3) is 5.28. The van der Waals surface area contributed by atoms with Gasteiger partial charge in [-0.2, -0.15) is 0 Å². The van der Waals surface area contributed by atoms with Crippen LogP contribution in [0.5, 0.6) is 0 Å². The van der Waals surface area contributed by atoms with Gasteiger partial charge in [0.15, 0.2) is 8.07 Å². The largest absolute Gasteiger partial charge is 0.456 e. The molecule has 0 unspecified atom stereocenters. The number of hydrogen-bond acceptors (Lipinski definition) is 2. The molecular weight excluding hydrogens is 747 g/mol. The van der Waals surface area contributed by atoms with Crippen molar-refractivity contribution < 1.29 is 8.83 Å². The van der Waals surface area contributed by atoms with E-state index in [4.69, 9.17) is 8.83 Å². The molecule has 0 aliphatic carbocycles. The predicted molar refractivity (Wildman–Crippen MR) is 252 cm³/mol. The highest BCUT2D eigenvalue weighted by molar-refractivity contribution is 7.19. The van der Waals surface area contributed by atoms with Crippen LogP contribution in [0.15, 0.2) is 233 Å². The fourth-order valence-corrected chi connectivity index (χ4v) is 14.5. The second-order valence-electron chi connectivity index (χ2n) is 15.6. The van der Waals surface area contributed by atoms with Crippen LogP contribution in [-0.2, 0) is 0 Å². The van der Waals surface area contributed by atoms with Gasteiger partial charge in [-0.05, 0) is 91.5 Å². The summed E-state index contributed by atoms with van der Waals surface area (Å²) in [6.07, 6.45) is 0. The fourth-order valence-electron chi connectivity index (χ4n) is 9.65. The summed E-state index contributed by atoms with van der Waals surface area (Å²) < 4.78 is 15.3. The molecule has 282 valence electrons. The molecule has 3 heterocycles. The quantitative estimate of drug-likeness (QED) is 0.119. The van der Waals surface area contributed by atoms with E-state index in [0.717, 1.165) is 66.3 Å². The molecule has 4 heteroatoms. The van der Waals surface area contributed by atoms with E-state index < -0.39 is 8.07 Å². The topological polar surface area (TPSA) is 31.2 Å². The van der Waals surface area contributed by atoms with Crippen LogP contribution >= 0.6 is 0 Å². The second-order valence-corrected chi connectivity index (χ2v) is 19.4. The van der Waals surface area contributed by atoms with Crippen molar-refractivity contribution in [1.29, 1.82) is 0 Å². The van der Waals surface area contributed by atoms with E-state index in [2.05, 4.69) is 217 Å². The average molecular weight is 784 g/mol. The van der Waals surface area contributed by atoms with Crippen LogP contribution in [0.25, 0.3) is 82.9 Å². The first-order valence-electron chi connectivity index (χ1n) is 20.5. The molecule has 0 saturated heterocycles. The summed E-state index contributed by atoms with van der Waals surface area (Å²) in [6.45, 7) is 0. The Morgan fingerprint density at radius 3 is 1.50 bits per heavy atom. The molecule has 3 nitrogen and oxygen atoms in total. The van der Waals surface area contributed by atoms with Gasteiger partial charge in [0.05, 0.1) is 10.9 Å². The molecule has 0 fully saturated rings. The number of aromatic nitrogens is 1. The zero-order chi connectivity index (χ0) is 39.6. The van der Waals surface area contributed by atoms with Crippen LogP contribution in [0.4, 0.5) is 0 Å². The Morgan fingerprint density at radius 1 is 0.317 bits per heavy atom. The van der Waals surface area contributed by atoms with Crippen LogP contribution in [-0.4, -0.2) is 12.6 Å². The van der Waals surface area contributed by atoms with Crippen molar-refractivity contribution in [2.45, 2.75) is 0 Å². The Kier molecular flexibility index (Phi) is 7.87. The second kappa shape index (κ2) is 13.7. The molecule has 0 spiro atoms. The lowest BCUT2D eigenvalue weighted by Crippen LogP contribution is -2.74. The molecule has 0 aliphatic heterocycles. The van der Waals surface area contributed by atoms with Gasteiger partial charge in [0.25, 0.3) is 0 Å². The van der Waals surface area contributed by atoms with Crippen LogP contribution in [0.3, 0.4) is 0 Å². The van der Waals surface area contributed by atoms with Crippen molar-refractivity contribution in [2.75, 3.05) is 0 Å². The summed E-state index contributed by atoms with van der Waals surface area (Å²) in [5, 5.41) is 11.0. The van der Waals surface area contributed by atoms with E-state index in [1.165, 1.54) is 37.3 Å². The fraction of sp³-hybridized carbons (Fsp3) is 0. The van der Waals surface area contributed by atoms with Crippen molar-refractivity contribution in [3.8, 4) is 27.9 Å². The first-order chi connectivity index (χ1) is 29.7. The zero-order valence-corrected chi connectivity index (χ0v) is 33.6. The van der Waals surface area contributed by atoms with Gasteiger partial charge in [-0.25, -0.2) is 0 Å². The lowest BCUT2D eigenvalue weighted by atomic mass is 9.98.